The predicted molar refractivity (Wildman–Crippen MR) is 134 cm³/mol. The lowest BCUT2D eigenvalue weighted by Gasteiger charge is -2.42. The Labute approximate surface area is 210 Å². The normalized spacial score (nSPS) is 16.6. The van der Waals surface area contributed by atoms with Crippen LogP contribution in [-0.4, -0.2) is 55.4 Å². The molecule has 0 saturated carbocycles. The van der Waals surface area contributed by atoms with E-state index in [1.165, 1.54) is 4.90 Å². The number of carbonyl (C=O) groups is 2. The van der Waals surface area contributed by atoms with Crippen molar-refractivity contribution in [2.75, 3.05) is 27.4 Å². The Kier molecular flexibility index (Phi) is 8.07. The van der Waals surface area contributed by atoms with Crippen molar-refractivity contribution in [3.63, 3.8) is 0 Å². The van der Waals surface area contributed by atoms with Gasteiger partial charge in [0.25, 0.3) is 0 Å². The lowest BCUT2D eigenvalue weighted by Crippen LogP contribution is -2.55. The van der Waals surface area contributed by atoms with Gasteiger partial charge in [0.15, 0.2) is 11.5 Å². The summed E-state index contributed by atoms with van der Waals surface area (Å²) < 4.78 is 16.8. The minimum Gasteiger partial charge on any atom is -0.493 e. The van der Waals surface area contributed by atoms with Gasteiger partial charge >= 0.3 is 6.09 Å². The molecule has 3 aromatic rings. The molecule has 2 atom stereocenters. The Morgan fingerprint density at radius 3 is 2.25 bits per heavy atom. The maximum Gasteiger partial charge on any atom is 0.411 e. The summed E-state index contributed by atoms with van der Waals surface area (Å²) in [5, 5.41) is 12.0. The number of nitrogens with one attached hydrogen (secondary N) is 1. The summed E-state index contributed by atoms with van der Waals surface area (Å²) in [6.07, 6.45) is -0.367. The fourth-order valence-corrected chi connectivity index (χ4v) is 4.52. The largest absolute Gasteiger partial charge is 0.493 e. The number of carbonyl (C=O) groups excluding carboxylic acids is 2. The van der Waals surface area contributed by atoms with Crippen molar-refractivity contribution in [1.82, 2.24) is 10.2 Å². The summed E-state index contributed by atoms with van der Waals surface area (Å²) in [5.41, 5.74) is 3.34. The molecule has 0 unspecified atom stereocenters. The van der Waals surface area contributed by atoms with Crippen molar-refractivity contribution < 1.29 is 28.9 Å². The molecular weight excluding hydrogens is 460 g/mol. The number of hydrogen-bond acceptors (Lipinski definition) is 6. The second-order valence-corrected chi connectivity index (χ2v) is 8.40. The SMILES string of the molecule is COc1cc2c(cc1OC)[C@@H](c1ccccc1)N(C(=O)OCc1ccccc1)[C@H](C(=O)NCCO)C2. The highest BCUT2D eigenvalue weighted by molar-refractivity contribution is 5.87. The first-order valence-corrected chi connectivity index (χ1v) is 11.7. The van der Waals surface area contributed by atoms with Crippen LogP contribution in [0.15, 0.2) is 72.8 Å². The van der Waals surface area contributed by atoms with Crippen LogP contribution in [0.2, 0.25) is 0 Å². The van der Waals surface area contributed by atoms with E-state index in [0.29, 0.717) is 11.5 Å². The first-order valence-electron chi connectivity index (χ1n) is 11.7. The van der Waals surface area contributed by atoms with Gasteiger partial charge in [-0.05, 0) is 34.4 Å². The zero-order valence-corrected chi connectivity index (χ0v) is 20.3. The van der Waals surface area contributed by atoms with Crippen LogP contribution in [0.1, 0.15) is 28.3 Å². The maximum atomic E-state index is 13.6. The van der Waals surface area contributed by atoms with E-state index in [2.05, 4.69) is 5.32 Å². The van der Waals surface area contributed by atoms with E-state index in [0.717, 1.165) is 22.3 Å². The van der Waals surface area contributed by atoms with Crippen LogP contribution in [0.4, 0.5) is 4.79 Å². The van der Waals surface area contributed by atoms with E-state index < -0.39 is 18.2 Å². The summed E-state index contributed by atoms with van der Waals surface area (Å²) in [7, 11) is 3.11. The number of fused-ring (bicyclic) bond motifs is 1. The Balaban J connectivity index is 1.80. The van der Waals surface area contributed by atoms with Crippen LogP contribution in [0.5, 0.6) is 11.5 Å². The van der Waals surface area contributed by atoms with Crippen LogP contribution in [-0.2, 0) is 22.6 Å². The number of benzene rings is 3. The standard InChI is InChI=1S/C28H30N2O6/c1-34-24-16-21-15-23(27(32)29-13-14-31)30(28(33)36-18-19-9-5-3-6-10-19)26(20-11-7-4-8-12-20)22(21)17-25(24)35-2/h3-12,16-17,23,26,31H,13-15,18H2,1-2H3,(H,29,32)/t23-,26+/m0/s1. The summed E-state index contributed by atoms with van der Waals surface area (Å²) in [6.45, 7) is -0.0564. The van der Waals surface area contributed by atoms with Crippen molar-refractivity contribution in [3.8, 4) is 11.5 Å². The number of ether oxygens (including phenoxy) is 3. The van der Waals surface area contributed by atoms with Gasteiger partial charge in [-0.15, -0.1) is 0 Å². The highest BCUT2D eigenvalue weighted by atomic mass is 16.6. The molecular formula is C28H30N2O6. The van der Waals surface area contributed by atoms with E-state index in [9.17, 15) is 14.7 Å². The second kappa shape index (κ2) is 11.6. The molecule has 1 aliphatic heterocycles. The minimum atomic E-state index is -0.865. The molecule has 0 fully saturated rings. The van der Waals surface area contributed by atoms with Crippen LogP contribution in [0.25, 0.3) is 0 Å². The molecule has 3 aromatic carbocycles. The van der Waals surface area contributed by atoms with Gasteiger partial charge in [-0.1, -0.05) is 60.7 Å². The first-order chi connectivity index (χ1) is 17.6. The number of aliphatic hydroxyl groups is 1. The van der Waals surface area contributed by atoms with E-state index in [4.69, 9.17) is 14.2 Å². The number of rotatable bonds is 8. The third kappa shape index (κ3) is 5.28. The van der Waals surface area contributed by atoms with Crippen LogP contribution in [0.3, 0.4) is 0 Å². The number of amides is 2. The van der Waals surface area contributed by atoms with Crippen molar-refractivity contribution >= 4 is 12.0 Å². The van der Waals surface area contributed by atoms with E-state index in [1.807, 2.05) is 72.8 Å². The van der Waals surface area contributed by atoms with Gasteiger partial charge in [0.1, 0.15) is 12.6 Å². The first kappa shape index (κ1) is 25.1. The molecule has 8 heteroatoms. The molecule has 2 N–H and O–H groups in total. The smallest absolute Gasteiger partial charge is 0.411 e. The Hall–Kier alpha value is -4.04. The van der Waals surface area contributed by atoms with Crippen LogP contribution in [0, 0.1) is 0 Å². The van der Waals surface area contributed by atoms with Gasteiger partial charge < -0.3 is 24.6 Å². The van der Waals surface area contributed by atoms with Crippen LogP contribution < -0.4 is 14.8 Å². The summed E-state index contributed by atoms with van der Waals surface area (Å²) in [5.74, 6) is 0.692. The van der Waals surface area contributed by atoms with Crippen LogP contribution >= 0.6 is 0 Å². The third-order valence-corrected chi connectivity index (χ3v) is 6.21. The maximum absolute atomic E-state index is 13.6. The molecule has 0 aliphatic carbocycles. The van der Waals surface area contributed by atoms with Gasteiger partial charge in [-0.25, -0.2) is 4.79 Å². The van der Waals surface area contributed by atoms with E-state index in [1.54, 1.807) is 14.2 Å². The van der Waals surface area contributed by atoms with Crippen molar-refractivity contribution in [2.24, 2.45) is 0 Å². The Bertz CT molecular complexity index is 1190. The third-order valence-electron chi connectivity index (χ3n) is 6.21. The zero-order chi connectivity index (χ0) is 25.5. The molecule has 36 heavy (non-hydrogen) atoms. The highest BCUT2D eigenvalue weighted by Gasteiger charge is 2.43. The predicted octanol–water partition coefficient (Wildman–Crippen LogP) is 3.47. The van der Waals surface area contributed by atoms with Gasteiger partial charge in [-0.3, -0.25) is 9.69 Å². The van der Waals surface area contributed by atoms with E-state index in [-0.39, 0.29) is 32.1 Å². The lowest BCUT2D eigenvalue weighted by molar-refractivity contribution is -0.127. The summed E-state index contributed by atoms with van der Waals surface area (Å²) >= 11 is 0. The summed E-state index contributed by atoms with van der Waals surface area (Å²) in [6, 6.07) is 21.1. The van der Waals surface area contributed by atoms with Crippen molar-refractivity contribution in [3.05, 3.63) is 95.1 Å². The molecule has 0 radical (unpaired) electrons. The molecule has 188 valence electrons. The van der Waals surface area contributed by atoms with E-state index >= 15 is 0 Å². The molecule has 0 spiro atoms. The molecule has 8 nitrogen and oxygen atoms in total. The monoisotopic (exact) mass is 490 g/mol. The molecule has 4 rings (SSSR count). The van der Waals surface area contributed by atoms with Gasteiger partial charge in [-0.2, -0.15) is 0 Å². The molecule has 0 aromatic heterocycles. The fourth-order valence-electron chi connectivity index (χ4n) is 4.52. The number of nitrogens with zero attached hydrogens (tertiary/aromatic N) is 1. The zero-order valence-electron chi connectivity index (χ0n) is 20.3. The number of aliphatic hydroxyl groups excluding tert-OH is 1. The average molecular weight is 491 g/mol. The average Bonchev–Trinajstić information content (AvgIpc) is 2.93. The Morgan fingerprint density at radius 2 is 1.61 bits per heavy atom. The molecule has 0 saturated heterocycles. The second-order valence-electron chi connectivity index (χ2n) is 8.40. The molecule has 1 aliphatic rings. The topological polar surface area (TPSA) is 97.3 Å². The van der Waals surface area contributed by atoms with Gasteiger partial charge in [0.2, 0.25) is 5.91 Å². The fraction of sp³-hybridized carbons (Fsp3) is 0.286. The Morgan fingerprint density at radius 1 is 0.972 bits per heavy atom. The lowest BCUT2D eigenvalue weighted by atomic mass is 9.84. The molecule has 0 bridgehead atoms. The van der Waals surface area contributed by atoms with Crippen molar-refractivity contribution in [2.45, 2.75) is 25.1 Å². The molecule has 2 amide bonds. The highest BCUT2D eigenvalue weighted by Crippen LogP contribution is 2.43. The summed E-state index contributed by atoms with van der Waals surface area (Å²) in [4.78, 5) is 28.4. The quantitative estimate of drug-likeness (QED) is 0.502. The van der Waals surface area contributed by atoms with Gasteiger partial charge in [0, 0.05) is 13.0 Å². The number of methoxy groups -OCH3 is 2. The van der Waals surface area contributed by atoms with Gasteiger partial charge in [0.05, 0.1) is 26.9 Å². The minimum absolute atomic E-state index is 0.0709. The van der Waals surface area contributed by atoms with Crippen molar-refractivity contribution in [1.29, 1.82) is 0 Å². The molecule has 1 heterocycles. The number of hydrogen-bond donors (Lipinski definition) is 2.